The number of methoxy groups -OCH3 is 1. The Morgan fingerprint density at radius 1 is 1.20 bits per heavy atom. The van der Waals surface area contributed by atoms with Crippen molar-refractivity contribution in [2.75, 3.05) is 30.9 Å². The lowest BCUT2D eigenvalue weighted by Gasteiger charge is -2.07. The summed E-state index contributed by atoms with van der Waals surface area (Å²) in [5, 5.41) is 14.7. The van der Waals surface area contributed by atoms with Gasteiger partial charge in [-0.3, -0.25) is 0 Å². The second kappa shape index (κ2) is 7.62. The summed E-state index contributed by atoms with van der Waals surface area (Å²) < 4.78 is 4.96. The van der Waals surface area contributed by atoms with E-state index in [1.807, 2.05) is 24.3 Å². The highest BCUT2D eigenvalue weighted by atomic mass is 35.5. The third-order valence-electron chi connectivity index (χ3n) is 2.54. The number of nitrogens with one attached hydrogen (secondary N) is 2. The monoisotopic (exact) mass is 293 g/mol. The molecule has 20 heavy (non-hydrogen) atoms. The molecule has 0 bridgehead atoms. The molecular weight excluding hydrogens is 278 g/mol. The van der Waals surface area contributed by atoms with Crippen molar-refractivity contribution in [3.05, 3.63) is 41.0 Å². The van der Waals surface area contributed by atoms with Crippen molar-refractivity contribution >= 4 is 23.4 Å². The SMILES string of the molecule is COCCNc1cnnc(NCc2ccc(Cl)cc2)n1. The number of hydrogen-bond donors (Lipinski definition) is 2. The van der Waals surface area contributed by atoms with Crippen LogP contribution in [0.2, 0.25) is 5.02 Å². The number of nitrogens with zero attached hydrogens (tertiary/aromatic N) is 3. The van der Waals surface area contributed by atoms with Crippen LogP contribution < -0.4 is 10.6 Å². The summed E-state index contributed by atoms with van der Waals surface area (Å²) in [6.07, 6.45) is 1.57. The Labute approximate surface area is 122 Å². The molecule has 0 aliphatic heterocycles. The smallest absolute Gasteiger partial charge is 0.244 e. The minimum Gasteiger partial charge on any atom is -0.383 e. The van der Waals surface area contributed by atoms with Gasteiger partial charge in [0.2, 0.25) is 5.95 Å². The first-order valence-electron chi connectivity index (χ1n) is 6.19. The largest absolute Gasteiger partial charge is 0.383 e. The van der Waals surface area contributed by atoms with Crippen molar-refractivity contribution in [2.24, 2.45) is 0 Å². The molecule has 0 spiro atoms. The Morgan fingerprint density at radius 3 is 2.75 bits per heavy atom. The second-order valence-corrected chi connectivity index (χ2v) is 4.50. The maximum Gasteiger partial charge on any atom is 0.244 e. The van der Waals surface area contributed by atoms with E-state index in [-0.39, 0.29) is 0 Å². The molecule has 2 N–H and O–H groups in total. The van der Waals surface area contributed by atoms with Crippen LogP contribution in [0.25, 0.3) is 0 Å². The fourth-order valence-electron chi connectivity index (χ4n) is 1.53. The van der Waals surface area contributed by atoms with Gasteiger partial charge in [-0.2, -0.15) is 10.1 Å². The number of anilines is 2. The number of hydrogen-bond acceptors (Lipinski definition) is 6. The molecule has 0 aliphatic carbocycles. The topological polar surface area (TPSA) is 72.0 Å². The van der Waals surface area contributed by atoms with Gasteiger partial charge in [0.1, 0.15) is 0 Å². The molecule has 7 heteroatoms. The first kappa shape index (κ1) is 14.5. The van der Waals surface area contributed by atoms with Crippen molar-refractivity contribution < 1.29 is 4.74 Å². The molecule has 1 aromatic carbocycles. The summed E-state index contributed by atoms with van der Waals surface area (Å²) in [5.41, 5.74) is 1.09. The highest BCUT2D eigenvalue weighted by Crippen LogP contribution is 2.11. The van der Waals surface area contributed by atoms with Crippen LogP contribution in [0.5, 0.6) is 0 Å². The van der Waals surface area contributed by atoms with Crippen LogP contribution in [0.15, 0.2) is 30.5 Å². The summed E-state index contributed by atoms with van der Waals surface area (Å²) in [4.78, 5) is 4.30. The minimum absolute atomic E-state index is 0.474. The number of benzene rings is 1. The lowest BCUT2D eigenvalue weighted by Crippen LogP contribution is -2.11. The quantitative estimate of drug-likeness (QED) is 0.763. The summed E-state index contributed by atoms with van der Waals surface area (Å²) in [6.45, 7) is 1.89. The standard InChI is InChI=1S/C13H16ClN5O/c1-20-7-6-15-12-9-17-19-13(18-12)16-8-10-2-4-11(14)5-3-10/h2-5,9H,6-8H2,1H3,(H2,15,16,18,19). The molecule has 106 valence electrons. The van der Waals surface area contributed by atoms with Gasteiger partial charge in [-0.25, -0.2) is 0 Å². The molecule has 0 unspecified atom stereocenters. The zero-order valence-electron chi connectivity index (χ0n) is 11.1. The first-order valence-corrected chi connectivity index (χ1v) is 6.56. The van der Waals surface area contributed by atoms with Crippen molar-refractivity contribution in [2.45, 2.75) is 6.54 Å². The Balaban J connectivity index is 1.89. The van der Waals surface area contributed by atoms with E-state index in [4.69, 9.17) is 16.3 Å². The van der Waals surface area contributed by atoms with Gasteiger partial charge >= 0.3 is 0 Å². The Kier molecular flexibility index (Phi) is 5.52. The van der Waals surface area contributed by atoms with Gasteiger partial charge in [0, 0.05) is 25.2 Å². The van der Waals surface area contributed by atoms with Gasteiger partial charge in [-0.15, -0.1) is 5.10 Å². The number of ether oxygens (including phenoxy) is 1. The van der Waals surface area contributed by atoms with Crippen LogP contribution in [-0.2, 0) is 11.3 Å². The van der Waals surface area contributed by atoms with Gasteiger partial charge in [0.05, 0.1) is 12.8 Å². The highest BCUT2D eigenvalue weighted by Gasteiger charge is 2.00. The lowest BCUT2D eigenvalue weighted by atomic mass is 10.2. The molecule has 0 radical (unpaired) electrons. The highest BCUT2D eigenvalue weighted by molar-refractivity contribution is 6.30. The van der Waals surface area contributed by atoms with Crippen LogP contribution in [0.4, 0.5) is 11.8 Å². The molecule has 0 saturated carbocycles. The van der Waals surface area contributed by atoms with E-state index < -0.39 is 0 Å². The molecular formula is C13H16ClN5O. The maximum atomic E-state index is 5.84. The molecule has 1 aromatic heterocycles. The van der Waals surface area contributed by atoms with Crippen molar-refractivity contribution in [3.63, 3.8) is 0 Å². The predicted molar refractivity (Wildman–Crippen MR) is 79.0 cm³/mol. The average Bonchev–Trinajstić information content (AvgIpc) is 2.47. The first-order chi connectivity index (χ1) is 9.78. The molecule has 0 amide bonds. The normalized spacial score (nSPS) is 10.3. The Hall–Kier alpha value is -1.92. The van der Waals surface area contributed by atoms with Crippen molar-refractivity contribution in [3.8, 4) is 0 Å². The summed E-state index contributed by atoms with van der Waals surface area (Å²) in [5.74, 6) is 1.14. The zero-order valence-corrected chi connectivity index (χ0v) is 11.9. The van der Waals surface area contributed by atoms with E-state index in [1.54, 1.807) is 13.3 Å². The average molecular weight is 294 g/mol. The fraction of sp³-hybridized carbons (Fsp3) is 0.308. The van der Waals surface area contributed by atoms with Gasteiger partial charge in [0.25, 0.3) is 0 Å². The van der Waals surface area contributed by atoms with E-state index in [0.29, 0.717) is 31.5 Å². The summed E-state index contributed by atoms with van der Waals surface area (Å²) in [6, 6.07) is 7.59. The number of aromatic nitrogens is 3. The van der Waals surface area contributed by atoms with Gasteiger partial charge in [-0.05, 0) is 17.7 Å². The van der Waals surface area contributed by atoms with Crippen molar-refractivity contribution in [1.82, 2.24) is 15.2 Å². The van der Waals surface area contributed by atoms with Crippen LogP contribution >= 0.6 is 11.6 Å². The molecule has 6 nitrogen and oxygen atoms in total. The van der Waals surface area contributed by atoms with Gasteiger partial charge in [0.15, 0.2) is 5.82 Å². The van der Waals surface area contributed by atoms with Crippen molar-refractivity contribution in [1.29, 1.82) is 0 Å². The molecule has 0 aliphatic rings. The molecule has 0 saturated heterocycles. The van der Waals surface area contributed by atoms with Crippen LogP contribution in [0.1, 0.15) is 5.56 Å². The Morgan fingerprint density at radius 2 is 2.00 bits per heavy atom. The second-order valence-electron chi connectivity index (χ2n) is 4.06. The zero-order chi connectivity index (χ0) is 14.2. The Bertz CT molecular complexity index is 535. The number of halogens is 1. The van der Waals surface area contributed by atoms with Crippen LogP contribution in [0, 0.1) is 0 Å². The molecule has 0 atom stereocenters. The predicted octanol–water partition coefficient (Wildman–Crippen LogP) is 2.20. The fourth-order valence-corrected chi connectivity index (χ4v) is 1.65. The summed E-state index contributed by atoms with van der Waals surface area (Å²) in [7, 11) is 1.65. The molecule has 0 fully saturated rings. The van der Waals surface area contributed by atoms with Gasteiger partial charge in [-0.1, -0.05) is 23.7 Å². The third kappa shape index (κ3) is 4.64. The van der Waals surface area contributed by atoms with E-state index >= 15 is 0 Å². The van der Waals surface area contributed by atoms with E-state index in [0.717, 1.165) is 10.6 Å². The molecule has 2 aromatic rings. The lowest BCUT2D eigenvalue weighted by molar-refractivity contribution is 0.210. The van der Waals surface area contributed by atoms with E-state index in [9.17, 15) is 0 Å². The molecule has 1 heterocycles. The van der Waals surface area contributed by atoms with E-state index in [1.165, 1.54) is 0 Å². The molecule has 2 rings (SSSR count). The number of rotatable bonds is 7. The van der Waals surface area contributed by atoms with Crippen LogP contribution in [-0.4, -0.2) is 35.4 Å². The van der Waals surface area contributed by atoms with Gasteiger partial charge < -0.3 is 15.4 Å². The van der Waals surface area contributed by atoms with Crippen LogP contribution in [0.3, 0.4) is 0 Å². The summed E-state index contributed by atoms with van der Waals surface area (Å²) >= 11 is 5.84. The maximum absolute atomic E-state index is 5.84. The van der Waals surface area contributed by atoms with E-state index in [2.05, 4.69) is 25.8 Å². The minimum atomic E-state index is 0.474. The third-order valence-corrected chi connectivity index (χ3v) is 2.79.